The molecule has 0 fully saturated rings. The minimum atomic E-state index is 0.787. The topological polar surface area (TPSA) is 27.6 Å². The number of likely N-dealkylation sites (N-methyl/N-ethyl adjacent to an activating group) is 1. The summed E-state index contributed by atoms with van der Waals surface area (Å²) in [4.78, 5) is 7.91. The molecule has 1 N–H and O–H groups in total. The monoisotopic (exact) mass is 335 g/mol. The Balaban J connectivity index is 1.76. The summed E-state index contributed by atoms with van der Waals surface area (Å²) >= 11 is 7.80. The molecule has 118 valence electrons. The number of aliphatic imine (C=N–C) groups is 1. The lowest BCUT2D eigenvalue weighted by molar-refractivity contribution is 0.487. The van der Waals surface area contributed by atoms with Crippen molar-refractivity contribution in [2.45, 2.75) is 12.8 Å². The van der Waals surface area contributed by atoms with Gasteiger partial charge in [0, 0.05) is 37.1 Å². The Morgan fingerprint density at radius 2 is 2.14 bits per heavy atom. The Labute approximate surface area is 141 Å². The molecule has 0 bridgehead atoms. The van der Waals surface area contributed by atoms with Crippen LogP contribution < -0.4 is 5.32 Å². The van der Waals surface area contributed by atoms with Crippen molar-refractivity contribution in [3.8, 4) is 0 Å². The van der Waals surface area contributed by atoms with E-state index in [-0.39, 0.29) is 0 Å². The SMILES string of the molecule is CN=C(NCCc1cccc(Cl)c1)N(C)CCc1cccs1. The molecule has 0 radical (unpaired) electrons. The highest BCUT2D eigenvalue weighted by atomic mass is 35.5. The maximum Gasteiger partial charge on any atom is 0.193 e. The molecule has 0 unspecified atom stereocenters. The number of nitrogens with one attached hydrogen (secondary N) is 1. The molecule has 0 amide bonds. The smallest absolute Gasteiger partial charge is 0.193 e. The number of halogens is 1. The molecule has 0 saturated heterocycles. The number of benzene rings is 1. The largest absolute Gasteiger partial charge is 0.356 e. The second kappa shape index (κ2) is 8.81. The number of hydrogen-bond donors (Lipinski definition) is 1. The predicted molar refractivity (Wildman–Crippen MR) is 97.2 cm³/mol. The molecule has 2 aromatic rings. The van der Waals surface area contributed by atoms with Gasteiger partial charge in [-0.2, -0.15) is 0 Å². The van der Waals surface area contributed by atoms with Crippen molar-refractivity contribution in [1.29, 1.82) is 0 Å². The highest BCUT2D eigenvalue weighted by Crippen LogP contribution is 2.11. The molecular formula is C17H22ClN3S. The maximum absolute atomic E-state index is 6.00. The Bertz CT molecular complexity index is 596. The van der Waals surface area contributed by atoms with E-state index >= 15 is 0 Å². The number of thiophene rings is 1. The van der Waals surface area contributed by atoms with Crippen LogP contribution in [0.15, 0.2) is 46.8 Å². The van der Waals surface area contributed by atoms with Crippen LogP contribution in [0.4, 0.5) is 0 Å². The van der Waals surface area contributed by atoms with Crippen LogP contribution in [-0.2, 0) is 12.8 Å². The van der Waals surface area contributed by atoms with E-state index < -0.39 is 0 Å². The van der Waals surface area contributed by atoms with Crippen molar-refractivity contribution in [2.24, 2.45) is 4.99 Å². The van der Waals surface area contributed by atoms with Crippen LogP contribution in [0.1, 0.15) is 10.4 Å². The maximum atomic E-state index is 6.00. The molecule has 0 spiro atoms. The average Bonchev–Trinajstić information content (AvgIpc) is 3.03. The van der Waals surface area contributed by atoms with Crippen molar-refractivity contribution in [2.75, 3.05) is 27.2 Å². The van der Waals surface area contributed by atoms with Crippen LogP contribution in [0.2, 0.25) is 5.02 Å². The number of rotatable bonds is 6. The fourth-order valence-corrected chi connectivity index (χ4v) is 3.15. The summed E-state index contributed by atoms with van der Waals surface area (Å²) in [5, 5.41) is 6.31. The quantitative estimate of drug-likeness (QED) is 0.644. The first-order chi connectivity index (χ1) is 10.7. The van der Waals surface area contributed by atoms with Crippen LogP contribution in [0.3, 0.4) is 0 Å². The first kappa shape index (κ1) is 16.8. The van der Waals surface area contributed by atoms with Crippen molar-refractivity contribution in [3.05, 3.63) is 57.2 Å². The lowest BCUT2D eigenvalue weighted by atomic mass is 10.1. The van der Waals surface area contributed by atoms with Crippen LogP contribution in [0, 0.1) is 0 Å². The third kappa shape index (κ3) is 5.35. The van der Waals surface area contributed by atoms with Crippen LogP contribution in [0.25, 0.3) is 0 Å². The summed E-state index contributed by atoms with van der Waals surface area (Å²) in [6.45, 7) is 1.80. The number of nitrogens with zero attached hydrogens (tertiary/aromatic N) is 2. The first-order valence-electron chi connectivity index (χ1n) is 7.37. The van der Waals surface area contributed by atoms with Crippen LogP contribution in [0.5, 0.6) is 0 Å². The molecule has 0 atom stereocenters. The second-order valence-electron chi connectivity index (χ2n) is 5.10. The summed E-state index contributed by atoms with van der Waals surface area (Å²) in [6, 6.07) is 12.3. The van der Waals surface area contributed by atoms with Gasteiger partial charge >= 0.3 is 0 Å². The van der Waals surface area contributed by atoms with Crippen molar-refractivity contribution >= 4 is 28.9 Å². The molecule has 1 aromatic carbocycles. The molecule has 2 rings (SSSR count). The van der Waals surface area contributed by atoms with Gasteiger partial charge in [-0.25, -0.2) is 0 Å². The Kier molecular flexibility index (Phi) is 6.74. The highest BCUT2D eigenvalue weighted by Gasteiger charge is 2.06. The van der Waals surface area contributed by atoms with Gasteiger partial charge in [-0.15, -0.1) is 11.3 Å². The standard InChI is InChI=1S/C17H22ClN3S/c1-19-17(21(2)11-9-16-7-4-12-22-16)20-10-8-14-5-3-6-15(18)13-14/h3-7,12-13H,8-11H2,1-2H3,(H,19,20). The van der Waals surface area contributed by atoms with E-state index in [0.29, 0.717) is 0 Å². The van der Waals surface area contributed by atoms with Crippen LogP contribution in [-0.4, -0.2) is 38.0 Å². The van der Waals surface area contributed by atoms with Gasteiger partial charge in [0.25, 0.3) is 0 Å². The molecule has 1 aromatic heterocycles. The molecule has 22 heavy (non-hydrogen) atoms. The summed E-state index contributed by atoms with van der Waals surface area (Å²) in [6.07, 6.45) is 1.97. The summed E-state index contributed by atoms with van der Waals surface area (Å²) < 4.78 is 0. The van der Waals surface area contributed by atoms with E-state index in [0.717, 1.165) is 36.9 Å². The molecular weight excluding hydrogens is 314 g/mol. The van der Waals surface area contributed by atoms with Gasteiger partial charge in [0.05, 0.1) is 0 Å². The molecule has 3 nitrogen and oxygen atoms in total. The zero-order valence-electron chi connectivity index (χ0n) is 13.1. The number of guanidine groups is 1. The Hall–Kier alpha value is -1.52. The normalized spacial score (nSPS) is 11.5. The van der Waals surface area contributed by atoms with Gasteiger partial charge in [0.1, 0.15) is 0 Å². The minimum absolute atomic E-state index is 0.787. The fraction of sp³-hybridized carbons (Fsp3) is 0.353. The van der Waals surface area contributed by atoms with E-state index in [1.165, 1.54) is 10.4 Å². The van der Waals surface area contributed by atoms with Crippen molar-refractivity contribution < 1.29 is 0 Å². The summed E-state index contributed by atoms with van der Waals surface area (Å²) in [5.41, 5.74) is 1.23. The summed E-state index contributed by atoms with van der Waals surface area (Å²) in [7, 11) is 3.89. The molecule has 0 saturated carbocycles. The molecule has 0 aliphatic rings. The van der Waals surface area contributed by atoms with Gasteiger partial charge in [-0.05, 0) is 42.0 Å². The van der Waals surface area contributed by atoms with E-state index in [2.05, 4.69) is 45.8 Å². The molecule has 0 aliphatic carbocycles. The van der Waals surface area contributed by atoms with Crippen molar-refractivity contribution in [3.63, 3.8) is 0 Å². The average molecular weight is 336 g/mol. The van der Waals surface area contributed by atoms with Gasteiger partial charge in [-0.1, -0.05) is 29.8 Å². The van der Waals surface area contributed by atoms with E-state index in [1.807, 2.05) is 25.2 Å². The van der Waals surface area contributed by atoms with Gasteiger partial charge in [0.15, 0.2) is 5.96 Å². The molecule has 1 heterocycles. The number of hydrogen-bond acceptors (Lipinski definition) is 2. The first-order valence-corrected chi connectivity index (χ1v) is 8.63. The van der Waals surface area contributed by atoms with Gasteiger partial charge in [-0.3, -0.25) is 4.99 Å². The molecule has 0 aliphatic heterocycles. The zero-order chi connectivity index (χ0) is 15.8. The fourth-order valence-electron chi connectivity index (χ4n) is 2.23. The Morgan fingerprint density at radius 1 is 1.27 bits per heavy atom. The van der Waals surface area contributed by atoms with Gasteiger partial charge in [0.2, 0.25) is 0 Å². The van der Waals surface area contributed by atoms with Crippen molar-refractivity contribution in [1.82, 2.24) is 10.2 Å². The zero-order valence-corrected chi connectivity index (χ0v) is 14.6. The highest BCUT2D eigenvalue weighted by molar-refractivity contribution is 7.09. The molecule has 5 heteroatoms. The van der Waals surface area contributed by atoms with Crippen LogP contribution >= 0.6 is 22.9 Å². The minimum Gasteiger partial charge on any atom is -0.356 e. The van der Waals surface area contributed by atoms with E-state index in [1.54, 1.807) is 11.3 Å². The van der Waals surface area contributed by atoms with E-state index in [4.69, 9.17) is 11.6 Å². The predicted octanol–water partition coefficient (Wildman–Crippen LogP) is 3.69. The third-order valence-corrected chi connectivity index (χ3v) is 4.60. The third-order valence-electron chi connectivity index (χ3n) is 3.43. The lowest BCUT2D eigenvalue weighted by Crippen LogP contribution is -2.40. The lowest BCUT2D eigenvalue weighted by Gasteiger charge is -2.21. The van der Waals surface area contributed by atoms with E-state index in [9.17, 15) is 0 Å². The summed E-state index contributed by atoms with van der Waals surface area (Å²) in [5.74, 6) is 0.929. The second-order valence-corrected chi connectivity index (χ2v) is 6.57. The Morgan fingerprint density at radius 3 is 2.82 bits per heavy atom. The van der Waals surface area contributed by atoms with Gasteiger partial charge < -0.3 is 10.2 Å².